The Labute approximate surface area is 158 Å². The lowest BCUT2D eigenvalue weighted by atomic mass is 9.85. The zero-order valence-corrected chi connectivity index (χ0v) is 15.8. The summed E-state index contributed by atoms with van der Waals surface area (Å²) in [4.78, 5) is 42.3. The molecular weight excluding hydrogens is 348 g/mol. The Hall–Kier alpha value is -2.41. The van der Waals surface area contributed by atoms with Crippen LogP contribution < -0.4 is 9.47 Å². The summed E-state index contributed by atoms with van der Waals surface area (Å²) < 4.78 is 10.6. The third-order valence-electron chi connectivity index (χ3n) is 6.27. The maximum Gasteiger partial charge on any atom is 0.234 e. The highest BCUT2D eigenvalue weighted by Gasteiger charge is 2.63. The molecule has 1 aromatic rings. The molecule has 7 nitrogen and oxygen atoms in total. The maximum absolute atomic E-state index is 13.5. The summed E-state index contributed by atoms with van der Waals surface area (Å²) >= 11 is 0. The SMILES string of the molecule is COc1ccc(C(=O)[C@@H]2[C@H]3C(=O)N(C)C(=O)[C@H]3[C@H]3CCCCN32)c(OC)c1. The van der Waals surface area contributed by atoms with Gasteiger partial charge in [-0.25, -0.2) is 0 Å². The lowest BCUT2D eigenvalue weighted by Crippen LogP contribution is -2.49. The summed E-state index contributed by atoms with van der Waals surface area (Å²) in [6.07, 6.45) is 2.83. The van der Waals surface area contributed by atoms with Crippen LogP contribution in [0.2, 0.25) is 0 Å². The van der Waals surface area contributed by atoms with Crippen molar-refractivity contribution in [2.45, 2.75) is 31.3 Å². The fourth-order valence-electron chi connectivity index (χ4n) is 4.99. The van der Waals surface area contributed by atoms with Crippen molar-refractivity contribution in [3.05, 3.63) is 23.8 Å². The van der Waals surface area contributed by atoms with E-state index in [2.05, 4.69) is 4.90 Å². The van der Waals surface area contributed by atoms with Crippen LogP contribution in [0.5, 0.6) is 11.5 Å². The zero-order valence-electron chi connectivity index (χ0n) is 15.8. The number of rotatable bonds is 4. The summed E-state index contributed by atoms with van der Waals surface area (Å²) in [5.41, 5.74) is 0.420. The van der Waals surface area contributed by atoms with Gasteiger partial charge in [-0.3, -0.25) is 24.2 Å². The molecule has 27 heavy (non-hydrogen) atoms. The number of imide groups is 1. The second-order valence-corrected chi connectivity index (χ2v) is 7.46. The van der Waals surface area contributed by atoms with Crippen molar-refractivity contribution in [1.82, 2.24) is 9.80 Å². The summed E-state index contributed by atoms with van der Waals surface area (Å²) in [6.45, 7) is 0.733. The number of ether oxygens (including phenoxy) is 2. The van der Waals surface area contributed by atoms with Crippen LogP contribution in [0.25, 0.3) is 0 Å². The Morgan fingerprint density at radius 2 is 1.81 bits per heavy atom. The highest BCUT2D eigenvalue weighted by atomic mass is 16.5. The van der Waals surface area contributed by atoms with Crippen molar-refractivity contribution in [1.29, 1.82) is 0 Å². The van der Waals surface area contributed by atoms with Gasteiger partial charge in [0.1, 0.15) is 11.5 Å². The van der Waals surface area contributed by atoms with Gasteiger partial charge in [0.25, 0.3) is 0 Å². The van der Waals surface area contributed by atoms with Crippen LogP contribution >= 0.6 is 0 Å². The number of likely N-dealkylation sites (tertiary alicyclic amines) is 1. The van der Waals surface area contributed by atoms with Gasteiger partial charge in [0.2, 0.25) is 11.8 Å². The number of Topliss-reactive ketones (excluding diaryl/α,β-unsaturated/α-hetero) is 1. The van der Waals surface area contributed by atoms with E-state index >= 15 is 0 Å². The minimum atomic E-state index is -0.621. The molecule has 0 unspecified atom stereocenters. The number of amides is 2. The molecule has 3 aliphatic heterocycles. The molecule has 0 spiro atoms. The fourth-order valence-corrected chi connectivity index (χ4v) is 4.99. The molecular formula is C20H24N2O5. The Balaban J connectivity index is 1.76. The van der Waals surface area contributed by atoms with Gasteiger partial charge in [-0.15, -0.1) is 0 Å². The lowest BCUT2D eigenvalue weighted by Gasteiger charge is -2.35. The van der Waals surface area contributed by atoms with Crippen LogP contribution in [0.4, 0.5) is 0 Å². The molecule has 3 heterocycles. The highest BCUT2D eigenvalue weighted by Crippen LogP contribution is 2.47. The van der Waals surface area contributed by atoms with E-state index in [-0.39, 0.29) is 23.6 Å². The summed E-state index contributed by atoms with van der Waals surface area (Å²) in [5, 5.41) is 0. The van der Waals surface area contributed by atoms with Gasteiger partial charge in [0.05, 0.1) is 37.7 Å². The standard InChI is InChI=1S/C20H24N2O5/c1-21-19(24)15-13-6-4-5-9-22(13)17(16(15)20(21)25)18(23)12-8-7-11(26-2)10-14(12)27-3/h7-8,10,13,15-17H,4-6,9H2,1-3H3/t13-,15+,16+,17+/m1/s1. The van der Waals surface area contributed by atoms with Crippen molar-refractivity contribution in [3.8, 4) is 11.5 Å². The van der Waals surface area contributed by atoms with E-state index in [0.29, 0.717) is 17.1 Å². The summed E-state index contributed by atoms with van der Waals surface area (Å²) in [6, 6.07) is 4.40. The summed E-state index contributed by atoms with van der Waals surface area (Å²) in [7, 11) is 4.57. The number of ketones is 1. The topological polar surface area (TPSA) is 76.2 Å². The van der Waals surface area contributed by atoms with E-state index in [4.69, 9.17) is 9.47 Å². The number of methoxy groups -OCH3 is 2. The molecule has 0 radical (unpaired) electrons. The Bertz CT molecular complexity index is 808. The van der Waals surface area contributed by atoms with Gasteiger partial charge in [0, 0.05) is 19.2 Å². The molecule has 7 heteroatoms. The number of piperidine rings is 1. The first kappa shape index (κ1) is 18.0. The van der Waals surface area contributed by atoms with Gasteiger partial charge in [0.15, 0.2) is 5.78 Å². The molecule has 1 aromatic carbocycles. The molecule has 2 amide bonds. The van der Waals surface area contributed by atoms with E-state index < -0.39 is 17.9 Å². The van der Waals surface area contributed by atoms with Crippen LogP contribution in [0, 0.1) is 11.8 Å². The fraction of sp³-hybridized carbons (Fsp3) is 0.550. The molecule has 3 fully saturated rings. The predicted octanol–water partition coefficient (Wildman–Crippen LogP) is 1.35. The second kappa shape index (κ2) is 6.64. The first-order valence-electron chi connectivity index (χ1n) is 9.33. The van der Waals surface area contributed by atoms with Crippen LogP contribution in [0.3, 0.4) is 0 Å². The predicted molar refractivity (Wildman–Crippen MR) is 96.8 cm³/mol. The third-order valence-corrected chi connectivity index (χ3v) is 6.27. The molecule has 0 aromatic heterocycles. The quantitative estimate of drug-likeness (QED) is 0.587. The van der Waals surface area contributed by atoms with Gasteiger partial charge in [-0.05, 0) is 31.5 Å². The average Bonchev–Trinajstić information content (AvgIpc) is 3.15. The van der Waals surface area contributed by atoms with Crippen molar-refractivity contribution in [2.24, 2.45) is 11.8 Å². The largest absolute Gasteiger partial charge is 0.497 e. The normalized spacial score (nSPS) is 30.3. The first-order valence-corrected chi connectivity index (χ1v) is 9.33. The lowest BCUT2D eigenvalue weighted by molar-refractivity contribution is -0.140. The minimum absolute atomic E-state index is 0.0386. The van der Waals surface area contributed by atoms with Crippen molar-refractivity contribution >= 4 is 17.6 Å². The molecule has 144 valence electrons. The number of benzene rings is 1. The van der Waals surface area contributed by atoms with Crippen molar-refractivity contribution < 1.29 is 23.9 Å². The molecule has 3 aliphatic rings. The van der Waals surface area contributed by atoms with Gasteiger partial charge < -0.3 is 9.47 Å². The Morgan fingerprint density at radius 1 is 1.07 bits per heavy atom. The van der Waals surface area contributed by atoms with E-state index in [1.807, 2.05) is 0 Å². The smallest absolute Gasteiger partial charge is 0.234 e. The second-order valence-electron chi connectivity index (χ2n) is 7.46. The first-order chi connectivity index (χ1) is 13.0. The third kappa shape index (κ3) is 2.56. The van der Waals surface area contributed by atoms with E-state index in [1.54, 1.807) is 25.3 Å². The molecule has 0 saturated carbocycles. The number of carbonyl (C=O) groups is 3. The van der Waals surface area contributed by atoms with Gasteiger partial charge in [-0.2, -0.15) is 0 Å². The zero-order chi connectivity index (χ0) is 19.3. The number of carbonyl (C=O) groups excluding carboxylic acids is 3. The van der Waals surface area contributed by atoms with Crippen molar-refractivity contribution in [3.63, 3.8) is 0 Å². The van der Waals surface area contributed by atoms with Gasteiger partial charge in [-0.1, -0.05) is 6.42 Å². The van der Waals surface area contributed by atoms with E-state index in [0.717, 1.165) is 25.8 Å². The molecule has 3 saturated heterocycles. The Morgan fingerprint density at radius 3 is 2.52 bits per heavy atom. The van der Waals surface area contributed by atoms with Crippen LogP contribution in [0.15, 0.2) is 18.2 Å². The van der Waals surface area contributed by atoms with E-state index in [9.17, 15) is 14.4 Å². The number of hydrogen-bond acceptors (Lipinski definition) is 6. The monoisotopic (exact) mass is 372 g/mol. The van der Waals surface area contributed by atoms with Crippen molar-refractivity contribution in [2.75, 3.05) is 27.8 Å². The van der Waals surface area contributed by atoms with Gasteiger partial charge >= 0.3 is 0 Å². The molecule has 0 aliphatic carbocycles. The maximum atomic E-state index is 13.5. The summed E-state index contributed by atoms with van der Waals surface area (Å²) in [5.74, 6) is -0.572. The Kier molecular flexibility index (Phi) is 4.42. The molecule has 0 bridgehead atoms. The van der Waals surface area contributed by atoms with E-state index in [1.165, 1.54) is 19.1 Å². The molecule has 4 rings (SSSR count). The highest BCUT2D eigenvalue weighted by molar-refractivity contribution is 6.12. The number of fused-ring (bicyclic) bond motifs is 3. The molecule has 0 N–H and O–H groups in total. The van der Waals surface area contributed by atoms with Crippen LogP contribution in [-0.4, -0.2) is 67.3 Å². The average molecular weight is 372 g/mol. The number of hydrogen-bond donors (Lipinski definition) is 0. The van der Waals surface area contributed by atoms with Crippen LogP contribution in [-0.2, 0) is 9.59 Å². The molecule has 4 atom stereocenters. The minimum Gasteiger partial charge on any atom is -0.497 e. The van der Waals surface area contributed by atoms with Crippen LogP contribution in [0.1, 0.15) is 29.6 Å². The number of nitrogens with zero attached hydrogens (tertiary/aromatic N) is 2.